The number of rotatable bonds is 3. The number of para-hydroxylation sites is 2. The number of hydrogen-bond donors (Lipinski definition) is 0. The van der Waals surface area contributed by atoms with E-state index < -0.39 is 0 Å². The van der Waals surface area contributed by atoms with Gasteiger partial charge in [0.15, 0.2) is 0 Å². The van der Waals surface area contributed by atoms with Gasteiger partial charge in [0.05, 0.1) is 12.4 Å². The number of carbonyl (C=O) groups excluding carboxylic acids is 1. The van der Waals surface area contributed by atoms with E-state index in [-0.39, 0.29) is 5.91 Å². The molecule has 0 atom stereocenters. The number of carbonyl (C=O) groups is 1. The molecule has 2 aromatic carbocycles. The number of aromatic nitrogens is 2. The summed E-state index contributed by atoms with van der Waals surface area (Å²) >= 11 is 0. The van der Waals surface area contributed by atoms with Crippen LogP contribution in [0.15, 0.2) is 67.0 Å². The third-order valence-electron chi connectivity index (χ3n) is 5.94. The molecule has 1 aromatic heterocycles. The Hall–Kier alpha value is -3.41. The predicted molar refractivity (Wildman–Crippen MR) is 119 cm³/mol. The zero-order valence-electron chi connectivity index (χ0n) is 16.9. The second-order valence-electron chi connectivity index (χ2n) is 7.76. The van der Waals surface area contributed by atoms with Crippen LogP contribution in [0, 0.1) is 0 Å². The number of amides is 1. The van der Waals surface area contributed by atoms with Crippen LogP contribution in [0.5, 0.6) is 0 Å². The van der Waals surface area contributed by atoms with Gasteiger partial charge in [0.1, 0.15) is 11.5 Å². The van der Waals surface area contributed by atoms with E-state index in [9.17, 15) is 4.79 Å². The molecule has 30 heavy (non-hydrogen) atoms. The van der Waals surface area contributed by atoms with E-state index in [1.807, 2.05) is 29.2 Å². The average molecular weight is 399 g/mol. The molecule has 0 unspecified atom stereocenters. The van der Waals surface area contributed by atoms with E-state index in [1.54, 1.807) is 12.4 Å². The zero-order valence-corrected chi connectivity index (χ0v) is 16.9. The number of fused-ring (bicyclic) bond motifs is 1. The number of piperazine rings is 1. The fourth-order valence-corrected chi connectivity index (χ4v) is 4.31. The monoisotopic (exact) mass is 399 g/mol. The molecule has 1 amide bonds. The van der Waals surface area contributed by atoms with E-state index in [2.05, 4.69) is 50.1 Å². The Kier molecular flexibility index (Phi) is 5.05. The molecular formula is C24H25N5O. The summed E-state index contributed by atoms with van der Waals surface area (Å²) in [6, 6.07) is 18.6. The Labute approximate surface area is 176 Å². The number of aryl methyl sites for hydroxylation is 1. The Morgan fingerprint density at radius 3 is 2.27 bits per heavy atom. The highest BCUT2D eigenvalue weighted by Crippen LogP contribution is 2.28. The van der Waals surface area contributed by atoms with Crippen molar-refractivity contribution in [1.29, 1.82) is 0 Å². The molecule has 1 saturated heterocycles. The first-order valence-corrected chi connectivity index (χ1v) is 10.6. The van der Waals surface area contributed by atoms with E-state index >= 15 is 0 Å². The molecule has 2 aliphatic rings. The summed E-state index contributed by atoms with van der Waals surface area (Å²) in [6.45, 7) is 4.38. The van der Waals surface area contributed by atoms with Crippen molar-refractivity contribution < 1.29 is 4.79 Å². The van der Waals surface area contributed by atoms with Crippen molar-refractivity contribution >= 4 is 23.1 Å². The topological polar surface area (TPSA) is 52.6 Å². The van der Waals surface area contributed by atoms with Crippen LogP contribution in [0.25, 0.3) is 0 Å². The molecular weight excluding hydrogens is 374 g/mol. The molecule has 0 aliphatic carbocycles. The lowest BCUT2D eigenvalue weighted by Gasteiger charge is -2.36. The lowest BCUT2D eigenvalue weighted by molar-refractivity contribution is 0.0980. The van der Waals surface area contributed by atoms with Crippen LogP contribution in [-0.4, -0.2) is 48.6 Å². The first-order chi connectivity index (χ1) is 14.8. The van der Waals surface area contributed by atoms with Gasteiger partial charge in [-0.05, 0) is 36.6 Å². The normalized spacial score (nSPS) is 16.3. The first-order valence-electron chi connectivity index (χ1n) is 10.6. The number of anilines is 3. The van der Waals surface area contributed by atoms with Crippen molar-refractivity contribution in [3.05, 3.63) is 78.2 Å². The summed E-state index contributed by atoms with van der Waals surface area (Å²) in [5.74, 6) is 0.758. The second-order valence-corrected chi connectivity index (χ2v) is 7.76. The molecule has 3 aromatic rings. The first kappa shape index (κ1) is 18.6. The molecule has 5 rings (SSSR count). The average Bonchev–Trinajstić information content (AvgIpc) is 2.84. The van der Waals surface area contributed by atoms with Crippen molar-refractivity contribution in [3.63, 3.8) is 0 Å². The van der Waals surface area contributed by atoms with Crippen LogP contribution in [0.3, 0.4) is 0 Å². The molecule has 0 N–H and O–H groups in total. The van der Waals surface area contributed by atoms with E-state index in [1.165, 1.54) is 11.3 Å². The molecule has 2 aliphatic heterocycles. The van der Waals surface area contributed by atoms with Gasteiger partial charge in [0, 0.05) is 44.1 Å². The van der Waals surface area contributed by atoms with Gasteiger partial charge < -0.3 is 14.7 Å². The third-order valence-corrected chi connectivity index (χ3v) is 5.94. The van der Waals surface area contributed by atoms with Crippen molar-refractivity contribution in [2.24, 2.45) is 0 Å². The van der Waals surface area contributed by atoms with Crippen LogP contribution >= 0.6 is 0 Å². The summed E-state index contributed by atoms with van der Waals surface area (Å²) in [7, 11) is 0. The maximum atomic E-state index is 13.1. The van der Waals surface area contributed by atoms with Crippen LogP contribution in [0.1, 0.15) is 22.5 Å². The van der Waals surface area contributed by atoms with E-state index in [0.717, 1.165) is 57.1 Å². The quantitative estimate of drug-likeness (QED) is 0.676. The summed E-state index contributed by atoms with van der Waals surface area (Å²) in [5.41, 5.74) is 3.87. The minimum absolute atomic E-state index is 0.0740. The van der Waals surface area contributed by atoms with Gasteiger partial charge >= 0.3 is 0 Å². The fraction of sp³-hybridized carbons (Fsp3) is 0.292. The second kappa shape index (κ2) is 8.14. The predicted octanol–water partition coefficient (Wildman–Crippen LogP) is 3.40. The fourth-order valence-electron chi connectivity index (χ4n) is 4.31. The van der Waals surface area contributed by atoms with Gasteiger partial charge in [-0.1, -0.05) is 36.4 Å². The van der Waals surface area contributed by atoms with Gasteiger partial charge in [0.2, 0.25) is 0 Å². The Morgan fingerprint density at radius 2 is 1.50 bits per heavy atom. The van der Waals surface area contributed by atoms with Crippen molar-refractivity contribution in [2.75, 3.05) is 47.4 Å². The Bertz CT molecular complexity index is 1010. The lowest BCUT2D eigenvalue weighted by atomic mass is 10.0. The zero-order chi connectivity index (χ0) is 20.3. The standard InChI is InChI=1S/C24H25N5O/c30-24(29-12-6-8-19-7-4-5-11-22(19)29)21-17-26-23(18-25-21)28-15-13-27(14-16-28)20-9-2-1-3-10-20/h1-5,7,9-11,17-18H,6,8,12-16H2. The SMILES string of the molecule is O=C(c1cnc(N2CCN(c3ccccc3)CC2)cn1)N1CCCc2ccccc21. The van der Waals surface area contributed by atoms with Crippen LogP contribution in [-0.2, 0) is 6.42 Å². The number of benzene rings is 2. The van der Waals surface area contributed by atoms with Gasteiger partial charge in [-0.3, -0.25) is 4.79 Å². The molecule has 0 spiro atoms. The van der Waals surface area contributed by atoms with E-state index in [0.29, 0.717) is 5.69 Å². The smallest absolute Gasteiger partial charge is 0.278 e. The third kappa shape index (κ3) is 3.61. The highest BCUT2D eigenvalue weighted by molar-refractivity contribution is 6.05. The number of nitrogens with zero attached hydrogens (tertiary/aromatic N) is 5. The maximum Gasteiger partial charge on any atom is 0.278 e. The van der Waals surface area contributed by atoms with Gasteiger partial charge in [-0.2, -0.15) is 0 Å². The van der Waals surface area contributed by atoms with Gasteiger partial charge in [-0.25, -0.2) is 9.97 Å². The minimum atomic E-state index is -0.0740. The molecule has 152 valence electrons. The molecule has 0 radical (unpaired) electrons. The number of hydrogen-bond acceptors (Lipinski definition) is 5. The lowest BCUT2D eigenvalue weighted by Crippen LogP contribution is -2.46. The summed E-state index contributed by atoms with van der Waals surface area (Å²) < 4.78 is 0. The van der Waals surface area contributed by atoms with Crippen molar-refractivity contribution in [3.8, 4) is 0 Å². The van der Waals surface area contributed by atoms with Crippen LogP contribution < -0.4 is 14.7 Å². The van der Waals surface area contributed by atoms with E-state index in [4.69, 9.17) is 0 Å². The highest BCUT2D eigenvalue weighted by Gasteiger charge is 2.25. The maximum absolute atomic E-state index is 13.1. The Balaban J connectivity index is 1.26. The van der Waals surface area contributed by atoms with Gasteiger partial charge in [-0.15, -0.1) is 0 Å². The largest absolute Gasteiger partial charge is 0.368 e. The van der Waals surface area contributed by atoms with Gasteiger partial charge in [0.25, 0.3) is 5.91 Å². The molecule has 0 bridgehead atoms. The van der Waals surface area contributed by atoms with Crippen molar-refractivity contribution in [1.82, 2.24) is 9.97 Å². The summed E-state index contributed by atoms with van der Waals surface area (Å²) in [5, 5.41) is 0. The van der Waals surface area contributed by atoms with Crippen LogP contribution in [0.2, 0.25) is 0 Å². The summed E-state index contributed by atoms with van der Waals surface area (Å²) in [6.07, 6.45) is 5.35. The molecule has 6 nitrogen and oxygen atoms in total. The summed E-state index contributed by atoms with van der Waals surface area (Å²) in [4.78, 5) is 28.5. The van der Waals surface area contributed by atoms with Crippen LogP contribution in [0.4, 0.5) is 17.2 Å². The highest BCUT2D eigenvalue weighted by atomic mass is 16.2. The minimum Gasteiger partial charge on any atom is -0.368 e. The Morgan fingerprint density at radius 1 is 0.767 bits per heavy atom. The molecule has 1 fully saturated rings. The molecule has 6 heteroatoms. The molecule has 3 heterocycles. The molecule has 0 saturated carbocycles. The van der Waals surface area contributed by atoms with Crippen molar-refractivity contribution in [2.45, 2.75) is 12.8 Å².